The number of aliphatic hydroxyl groups excluding tert-OH is 1. The van der Waals surface area contributed by atoms with E-state index in [0.717, 1.165) is 34.2 Å². The second kappa shape index (κ2) is 10.4. The van der Waals surface area contributed by atoms with Crippen molar-refractivity contribution in [1.82, 2.24) is 0 Å². The Bertz CT molecular complexity index is 1610. The number of rotatable bonds is 6. The van der Waals surface area contributed by atoms with Crippen molar-refractivity contribution in [3.63, 3.8) is 0 Å². The average molecular weight is 557 g/mol. The van der Waals surface area contributed by atoms with E-state index in [2.05, 4.69) is 12.1 Å². The highest BCUT2D eigenvalue weighted by molar-refractivity contribution is 5.83. The molecule has 0 saturated carbocycles. The number of hydrogen-bond donors (Lipinski definition) is 4. The van der Waals surface area contributed by atoms with Gasteiger partial charge in [0.1, 0.15) is 17.2 Å². The molecule has 0 aromatic heterocycles. The standard InChI is InChI=1S/C33H32O8/c1-38-26-16-25-22(14-24(35)32(41-25)23-15-27(39-2)31(37)33(40-3)30(23)36)28-19(11-17-7-5-4-6-8-17)12-18-13-20(34)9-10-21(18)29(26)28/h4-10,13,15-16,19,24,32,34-37H,11-12,14H2,1-3H3/t19-,24-,32+/m1/s1. The van der Waals surface area contributed by atoms with Crippen molar-refractivity contribution in [1.29, 1.82) is 0 Å². The Kier molecular flexibility index (Phi) is 6.79. The molecule has 3 atom stereocenters. The number of aliphatic hydroxyl groups is 1. The zero-order chi connectivity index (χ0) is 28.8. The van der Waals surface area contributed by atoms with Gasteiger partial charge in [0.2, 0.25) is 11.5 Å². The predicted molar refractivity (Wildman–Crippen MR) is 153 cm³/mol. The molecular weight excluding hydrogens is 524 g/mol. The molecule has 41 heavy (non-hydrogen) atoms. The van der Waals surface area contributed by atoms with E-state index in [4.69, 9.17) is 18.9 Å². The molecule has 212 valence electrons. The minimum Gasteiger partial charge on any atom is -0.508 e. The molecule has 1 aliphatic heterocycles. The van der Waals surface area contributed by atoms with E-state index in [-0.39, 0.29) is 46.6 Å². The average Bonchev–Trinajstić information content (AvgIpc) is 2.97. The molecule has 6 rings (SSSR count). The molecule has 0 unspecified atom stereocenters. The number of ether oxygens (including phenoxy) is 4. The molecule has 0 spiro atoms. The molecule has 2 aliphatic rings. The molecule has 8 heteroatoms. The monoisotopic (exact) mass is 556 g/mol. The summed E-state index contributed by atoms with van der Waals surface area (Å²) >= 11 is 0. The second-order valence-electron chi connectivity index (χ2n) is 10.5. The van der Waals surface area contributed by atoms with Crippen molar-refractivity contribution < 1.29 is 39.4 Å². The van der Waals surface area contributed by atoms with Gasteiger partial charge in [-0.25, -0.2) is 0 Å². The van der Waals surface area contributed by atoms with Gasteiger partial charge in [0.25, 0.3) is 0 Å². The van der Waals surface area contributed by atoms with Crippen LogP contribution in [0.15, 0.2) is 60.7 Å². The molecule has 0 saturated heterocycles. The van der Waals surface area contributed by atoms with E-state index in [1.165, 1.54) is 25.8 Å². The fraction of sp³-hybridized carbons (Fsp3) is 0.273. The summed E-state index contributed by atoms with van der Waals surface area (Å²) in [5.41, 5.74) is 6.26. The smallest absolute Gasteiger partial charge is 0.207 e. The van der Waals surface area contributed by atoms with Gasteiger partial charge in [-0.1, -0.05) is 36.4 Å². The molecule has 0 radical (unpaired) electrons. The Hall–Kier alpha value is -4.56. The molecule has 4 aromatic carbocycles. The van der Waals surface area contributed by atoms with Gasteiger partial charge in [-0.15, -0.1) is 0 Å². The zero-order valence-corrected chi connectivity index (χ0v) is 23.0. The van der Waals surface area contributed by atoms with Crippen LogP contribution < -0.4 is 18.9 Å². The lowest BCUT2D eigenvalue weighted by Gasteiger charge is -2.37. The van der Waals surface area contributed by atoms with E-state index in [1.807, 2.05) is 36.4 Å². The molecule has 0 amide bonds. The number of hydrogen-bond acceptors (Lipinski definition) is 8. The van der Waals surface area contributed by atoms with Crippen LogP contribution in [-0.4, -0.2) is 47.9 Å². The van der Waals surface area contributed by atoms with Crippen LogP contribution in [0.1, 0.15) is 39.8 Å². The summed E-state index contributed by atoms with van der Waals surface area (Å²) in [7, 11) is 4.33. The van der Waals surface area contributed by atoms with Crippen LogP contribution in [0.4, 0.5) is 0 Å². The Morgan fingerprint density at radius 3 is 2.29 bits per heavy atom. The maximum Gasteiger partial charge on any atom is 0.207 e. The number of phenolic OH excluding ortho intramolecular Hbond substituents is 3. The van der Waals surface area contributed by atoms with Crippen molar-refractivity contribution in [2.24, 2.45) is 0 Å². The quantitative estimate of drug-likeness (QED) is 0.249. The highest BCUT2D eigenvalue weighted by Gasteiger charge is 2.39. The van der Waals surface area contributed by atoms with Crippen LogP contribution in [0.25, 0.3) is 11.1 Å². The molecule has 4 aromatic rings. The lowest BCUT2D eigenvalue weighted by atomic mass is 9.72. The largest absolute Gasteiger partial charge is 0.508 e. The topological polar surface area (TPSA) is 118 Å². The normalized spacial score (nSPS) is 18.9. The number of phenols is 3. The first kappa shape index (κ1) is 26.7. The van der Waals surface area contributed by atoms with Gasteiger partial charge in [0.15, 0.2) is 17.6 Å². The van der Waals surface area contributed by atoms with Crippen molar-refractivity contribution in [3.05, 3.63) is 88.5 Å². The van der Waals surface area contributed by atoms with Gasteiger partial charge < -0.3 is 39.4 Å². The first-order chi connectivity index (χ1) is 19.8. The summed E-state index contributed by atoms with van der Waals surface area (Å²) in [5, 5.41) is 43.1. The Morgan fingerprint density at radius 1 is 0.829 bits per heavy atom. The summed E-state index contributed by atoms with van der Waals surface area (Å²) in [4.78, 5) is 0. The third kappa shape index (κ3) is 4.44. The van der Waals surface area contributed by atoms with Gasteiger partial charge in [-0.2, -0.15) is 0 Å². The van der Waals surface area contributed by atoms with E-state index < -0.39 is 12.2 Å². The number of aromatic hydroxyl groups is 3. The first-order valence-electron chi connectivity index (χ1n) is 13.5. The Morgan fingerprint density at radius 2 is 1.59 bits per heavy atom. The third-order valence-electron chi connectivity index (χ3n) is 8.15. The molecule has 8 nitrogen and oxygen atoms in total. The van der Waals surface area contributed by atoms with Gasteiger partial charge >= 0.3 is 0 Å². The maximum atomic E-state index is 11.5. The van der Waals surface area contributed by atoms with Crippen molar-refractivity contribution in [2.75, 3.05) is 21.3 Å². The molecule has 1 heterocycles. The maximum absolute atomic E-state index is 11.5. The third-order valence-corrected chi connectivity index (χ3v) is 8.15. The predicted octanol–water partition coefficient (Wildman–Crippen LogP) is 5.42. The highest BCUT2D eigenvalue weighted by Crippen LogP contribution is 2.54. The number of fused-ring (bicyclic) bond motifs is 5. The summed E-state index contributed by atoms with van der Waals surface area (Å²) in [6.07, 6.45) is -0.291. The van der Waals surface area contributed by atoms with Gasteiger partial charge in [0, 0.05) is 29.2 Å². The molecule has 0 fully saturated rings. The van der Waals surface area contributed by atoms with Crippen LogP contribution in [0, 0.1) is 0 Å². The van der Waals surface area contributed by atoms with Gasteiger partial charge in [-0.3, -0.25) is 0 Å². The summed E-state index contributed by atoms with van der Waals surface area (Å²) < 4.78 is 22.9. The summed E-state index contributed by atoms with van der Waals surface area (Å²) in [5.74, 6) is 0.646. The van der Waals surface area contributed by atoms with E-state index in [0.29, 0.717) is 17.9 Å². The Labute approximate surface area is 238 Å². The molecule has 4 N–H and O–H groups in total. The fourth-order valence-corrected chi connectivity index (χ4v) is 6.33. The van der Waals surface area contributed by atoms with Crippen LogP contribution in [0.2, 0.25) is 0 Å². The van der Waals surface area contributed by atoms with E-state index in [1.54, 1.807) is 13.2 Å². The first-order valence-corrected chi connectivity index (χ1v) is 13.5. The second-order valence-corrected chi connectivity index (χ2v) is 10.5. The number of methoxy groups -OCH3 is 3. The minimum absolute atomic E-state index is 0.0279. The molecule has 1 aliphatic carbocycles. The SMILES string of the molecule is COc1cc([C@@H]2Oc3cc(OC)c4c(c3C[C@H]2O)[C@H](Cc2ccccc2)Cc2cc(O)ccc2-4)c(O)c(OC)c1O. The van der Waals surface area contributed by atoms with Crippen LogP contribution in [0.3, 0.4) is 0 Å². The van der Waals surface area contributed by atoms with Crippen molar-refractivity contribution in [3.8, 4) is 51.4 Å². The zero-order valence-electron chi connectivity index (χ0n) is 23.0. The summed E-state index contributed by atoms with van der Waals surface area (Å²) in [6.45, 7) is 0. The molecule has 0 bridgehead atoms. The lowest BCUT2D eigenvalue weighted by molar-refractivity contribution is 0.0186. The van der Waals surface area contributed by atoms with Gasteiger partial charge in [0.05, 0.1) is 27.4 Å². The van der Waals surface area contributed by atoms with Crippen molar-refractivity contribution in [2.45, 2.75) is 37.4 Å². The van der Waals surface area contributed by atoms with Crippen LogP contribution in [-0.2, 0) is 19.3 Å². The molecular formula is C33H32O8. The number of benzene rings is 4. The van der Waals surface area contributed by atoms with Gasteiger partial charge in [-0.05, 0) is 59.2 Å². The minimum atomic E-state index is -1.02. The van der Waals surface area contributed by atoms with Crippen LogP contribution in [0.5, 0.6) is 40.2 Å². The van der Waals surface area contributed by atoms with E-state index in [9.17, 15) is 20.4 Å². The fourth-order valence-electron chi connectivity index (χ4n) is 6.33. The summed E-state index contributed by atoms with van der Waals surface area (Å²) in [6, 6.07) is 18.9. The highest BCUT2D eigenvalue weighted by atomic mass is 16.5. The Balaban J connectivity index is 1.52. The van der Waals surface area contributed by atoms with Crippen LogP contribution >= 0.6 is 0 Å². The van der Waals surface area contributed by atoms with Crippen molar-refractivity contribution >= 4 is 0 Å². The van der Waals surface area contributed by atoms with E-state index >= 15 is 0 Å². The lowest BCUT2D eigenvalue weighted by Crippen LogP contribution is -2.32.